The summed E-state index contributed by atoms with van der Waals surface area (Å²) in [5.74, 6) is 0.0172. The number of allylic oxidation sites excluding steroid dienone is 3. The summed E-state index contributed by atoms with van der Waals surface area (Å²) in [5.41, 5.74) is 2.40. The first-order valence-corrected chi connectivity index (χ1v) is 26.2. The van der Waals surface area contributed by atoms with Gasteiger partial charge in [0.05, 0.1) is 0 Å². The van der Waals surface area contributed by atoms with Gasteiger partial charge >= 0.3 is 5.97 Å². The molecule has 0 amide bonds. The van der Waals surface area contributed by atoms with Crippen molar-refractivity contribution in [3.8, 4) is 0 Å². The van der Waals surface area contributed by atoms with Crippen LogP contribution in [0.15, 0.2) is 36.8 Å². The van der Waals surface area contributed by atoms with Crippen molar-refractivity contribution in [1.82, 2.24) is 15.1 Å². The molecule has 0 aliphatic heterocycles. The van der Waals surface area contributed by atoms with Crippen LogP contribution in [0.3, 0.4) is 0 Å². The maximum Gasteiger partial charge on any atom is 0.306 e. The maximum absolute atomic E-state index is 12.5. The SMILES string of the molecule is C=C(CCCCCCCN(CCCCCCCC(=O)OC(CC)CCCCCCCC)CCCN(/C=C\C)C(=C)C)NC(CCCCCCCC)CCCCCCCC. The fourth-order valence-corrected chi connectivity index (χ4v) is 8.45. The van der Waals surface area contributed by atoms with Crippen molar-refractivity contribution in [1.29, 1.82) is 0 Å². The summed E-state index contributed by atoms with van der Waals surface area (Å²) in [7, 11) is 0. The summed E-state index contributed by atoms with van der Waals surface area (Å²) < 4.78 is 5.84. The topological polar surface area (TPSA) is 44.8 Å². The van der Waals surface area contributed by atoms with E-state index in [0.29, 0.717) is 12.5 Å². The first-order chi connectivity index (χ1) is 28.8. The summed E-state index contributed by atoms with van der Waals surface area (Å²) >= 11 is 0. The Morgan fingerprint density at radius 2 is 0.966 bits per heavy atom. The van der Waals surface area contributed by atoms with Crippen molar-refractivity contribution in [2.75, 3.05) is 26.2 Å². The molecule has 0 rings (SSSR count). The van der Waals surface area contributed by atoms with Gasteiger partial charge in [0, 0.05) is 30.4 Å². The molecule has 348 valence electrons. The van der Waals surface area contributed by atoms with Crippen LogP contribution in [0, 0.1) is 0 Å². The molecule has 0 aliphatic carbocycles. The zero-order chi connectivity index (χ0) is 43.4. The number of esters is 1. The molecule has 0 fully saturated rings. The van der Waals surface area contributed by atoms with E-state index in [0.717, 1.165) is 57.3 Å². The second kappa shape index (κ2) is 44.3. The van der Waals surface area contributed by atoms with E-state index < -0.39 is 0 Å². The van der Waals surface area contributed by atoms with E-state index in [4.69, 9.17) is 4.74 Å². The standard InChI is InChI=1S/C54H105N3O2/c1-9-14-17-20-26-33-41-52(42-34-27-21-18-15-10-2)55-51(8)40-32-25-23-30-37-46-56(48-39-49-57(45-12-4)50(6)7)47-38-31-24-29-36-44-54(58)59-53(13-5)43-35-28-22-19-16-11-3/h12,45,52-53,55H,6,8-11,13-44,46-49H2,1-5,7H3/b45-12-. The van der Waals surface area contributed by atoms with Crippen LogP contribution in [-0.4, -0.2) is 54.1 Å². The zero-order valence-corrected chi connectivity index (χ0v) is 41.0. The molecule has 0 radical (unpaired) electrons. The molecule has 0 aromatic carbocycles. The highest BCUT2D eigenvalue weighted by atomic mass is 16.5. The third-order valence-electron chi connectivity index (χ3n) is 12.4. The second-order valence-electron chi connectivity index (χ2n) is 18.3. The molecule has 0 saturated carbocycles. The summed E-state index contributed by atoms with van der Waals surface area (Å²) in [4.78, 5) is 17.5. The molecule has 0 aliphatic rings. The number of unbranched alkanes of at least 4 members (excludes halogenated alkanes) is 23. The lowest BCUT2D eigenvalue weighted by Crippen LogP contribution is -2.29. The van der Waals surface area contributed by atoms with Gasteiger partial charge in [-0.15, -0.1) is 0 Å². The van der Waals surface area contributed by atoms with E-state index in [9.17, 15) is 4.79 Å². The van der Waals surface area contributed by atoms with Crippen LogP contribution < -0.4 is 5.32 Å². The van der Waals surface area contributed by atoms with E-state index in [1.54, 1.807) is 0 Å². The van der Waals surface area contributed by atoms with Gasteiger partial charge in [-0.2, -0.15) is 0 Å². The number of carbonyl (C=O) groups excluding carboxylic acids is 1. The Morgan fingerprint density at radius 3 is 1.44 bits per heavy atom. The predicted octanol–water partition coefficient (Wildman–Crippen LogP) is 16.8. The van der Waals surface area contributed by atoms with E-state index >= 15 is 0 Å². The van der Waals surface area contributed by atoms with Gasteiger partial charge in [-0.05, 0) is 110 Å². The van der Waals surface area contributed by atoms with E-state index in [2.05, 4.69) is 82.1 Å². The van der Waals surface area contributed by atoms with Crippen LogP contribution in [0.1, 0.15) is 266 Å². The fraction of sp³-hybridized carbons (Fsp3) is 0.870. The van der Waals surface area contributed by atoms with Gasteiger partial charge in [-0.25, -0.2) is 0 Å². The van der Waals surface area contributed by atoms with Crippen molar-refractivity contribution in [2.24, 2.45) is 0 Å². The molecule has 59 heavy (non-hydrogen) atoms. The second-order valence-corrected chi connectivity index (χ2v) is 18.3. The maximum atomic E-state index is 12.5. The molecule has 1 atom stereocenters. The molecule has 5 nitrogen and oxygen atoms in total. The molecule has 0 spiro atoms. The number of nitrogens with one attached hydrogen (secondary N) is 1. The van der Waals surface area contributed by atoms with Crippen molar-refractivity contribution in [3.63, 3.8) is 0 Å². The summed E-state index contributed by atoms with van der Waals surface area (Å²) in [6, 6.07) is 0.619. The van der Waals surface area contributed by atoms with Gasteiger partial charge in [0.25, 0.3) is 0 Å². The lowest BCUT2D eigenvalue weighted by atomic mass is 9.99. The predicted molar refractivity (Wildman–Crippen MR) is 263 cm³/mol. The van der Waals surface area contributed by atoms with Crippen LogP contribution in [-0.2, 0) is 9.53 Å². The monoisotopic (exact) mass is 828 g/mol. The summed E-state index contributed by atoms with van der Waals surface area (Å²) in [6.45, 7) is 26.5. The fourth-order valence-electron chi connectivity index (χ4n) is 8.45. The van der Waals surface area contributed by atoms with Gasteiger partial charge in [-0.1, -0.05) is 195 Å². The van der Waals surface area contributed by atoms with E-state index in [1.807, 2.05) is 0 Å². The Labute approximate surface area is 370 Å². The number of carbonyl (C=O) groups is 1. The highest BCUT2D eigenvalue weighted by Crippen LogP contribution is 2.18. The van der Waals surface area contributed by atoms with Gasteiger partial charge in [0.15, 0.2) is 0 Å². The van der Waals surface area contributed by atoms with Crippen LogP contribution in [0.2, 0.25) is 0 Å². The number of rotatable bonds is 47. The first kappa shape index (κ1) is 57.2. The normalized spacial score (nSPS) is 12.2. The Bertz CT molecular complexity index is 947. The van der Waals surface area contributed by atoms with Crippen LogP contribution in [0.5, 0.6) is 0 Å². The Kier molecular flexibility index (Phi) is 43.0. The third-order valence-corrected chi connectivity index (χ3v) is 12.4. The molecular weight excluding hydrogens is 723 g/mol. The quantitative estimate of drug-likeness (QED) is 0.0489. The van der Waals surface area contributed by atoms with Gasteiger partial charge in [-0.3, -0.25) is 4.79 Å². The minimum Gasteiger partial charge on any atom is -0.462 e. The number of nitrogens with zero attached hydrogens (tertiary/aromatic N) is 2. The van der Waals surface area contributed by atoms with Gasteiger partial charge < -0.3 is 19.9 Å². The first-order valence-electron chi connectivity index (χ1n) is 26.2. The molecule has 0 bridgehead atoms. The zero-order valence-electron chi connectivity index (χ0n) is 41.0. The molecule has 1 unspecified atom stereocenters. The summed E-state index contributed by atoms with van der Waals surface area (Å²) in [6.07, 6.45) is 48.4. The van der Waals surface area contributed by atoms with E-state index in [1.165, 1.54) is 199 Å². The lowest BCUT2D eigenvalue weighted by Gasteiger charge is -2.25. The van der Waals surface area contributed by atoms with Crippen molar-refractivity contribution in [2.45, 2.75) is 278 Å². The molecule has 1 N–H and O–H groups in total. The van der Waals surface area contributed by atoms with Crippen molar-refractivity contribution < 1.29 is 9.53 Å². The van der Waals surface area contributed by atoms with E-state index in [-0.39, 0.29) is 12.1 Å². The Morgan fingerprint density at radius 1 is 0.542 bits per heavy atom. The highest BCUT2D eigenvalue weighted by molar-refractivity contribution is 5.69. The van der Waals surface area contributed by atoms with Gasteiger partial charge in [0.2, 0.25) is 0 Å². The molecule has 0 heterocycles. The largest absolute Gasteiger partial charge is 0.462 e. The molecule has 5 heteroatoms. The Balaban J connectivity index is 4.56. The number of ether oxygens (including phenoxy) is 1. The number of hydrogen-bond acceptors (Lipinski definition) is 5. The number of hydrogen-bond donors (Lipinski definition) is 1. The summed E-state index contributed by atoms with van der Waals surface area (Å²) in [5, 5.41) is 3.91. The molecule has 0 saturated heterocycles. The lowest BCUT2D eigenvalue weighted by molar-refractivity contribution is -0.149. The average molecular weight is 828 g/mol. The average Bonchev–Trinajstić information content (AvgIpc) is 3.22. The highest BCUT2D eigenvalue weighted by Gasteiger charge is 2.13. The minimum absolute atomic E-state index is 0.0172. The van der Waals surface area contributed by atoms with Crippen LogP contribution in [0.25, 0.3) is 0 Å². The van der Waals surface area contributed by atoms with Crippen LogP contribution >= 0.6 is 0 Å². The van der Waals surface area contributed by atoms with Crippen molar-refractivity contribution in [3.05, 3.63) is 36.8 Å². The molecule has 0 aromatic heterocycles. The van der Waals surface area contributed by atoms with Crippen molar-refractivity contribution >= 4 is 5.97 Å². The molecular formula is C54H105N3O2. The van der Waals surface area contributed by atoms with Gasteiger partial charge in [0.1, 0.15) is 6.10 Å². The molecule has 0 aromatic rings. The smallest absolute Gasteiger partial charge is 0.306 e. The van der Waals surface area contributed by atoms with Crippen LogP contribution in [0.4, 0.5) is 0 Å². The minimum atomic E-state index is 0.0172. The third kappa shape index (κ3) is 38.9. The Hall–Kier alpha value is -1.75.